The van der Waals surface area contributed by atoms with E-state index >= 15 is 0 Å². The number of benzene rings is 2. The molecule has 2 nitrogen and oxygen atoms in total. The van der Waals surface area contributed by atoms with Crippen LogP contribution in [0.3, 0.4) is 0 Å². The fourth-order valence-electron chi connectivity index (χ4n) is 1.34. The van der Waals surface area contributed by atoms with Gasteiger partial charge in [-0.2, -0.15) is 5.10 Å². The molecule has 0 aromatic heterocycles. The van der Waals surface area contributed by atoms with Crippen LogP contribution in [0.25, 0.3) is 0 Å². The van der Waals surface area contributed by atoms with Crippen LogP contribution in [-0.2, 0) is 0 Å². The molecule has 2 rings (SSSR count). The quantitative estimate of drug-likeness (QED) is 0.625. The Labute approximate surface area is 120 Å². The van der Waals surface area contributed by atoms with Crippen LogP contribution in [0.4, 0.5) is 5.69 Å². The molecule has 2 aromatic rings. The minimum Gasteiger partial charge on any atom is -0.277 e. The SMILES string of the molecule is ClC(=NNc1ccccc1)c1ccc(Cl)cc1Cl. The number of nitrogens with zero attached hydrogens (tertiary/aromatic N) is 1. The standard InChI is InChI=1S/C13H9Cl3N2/c14-9-6-7-11(12(15)8-9)13(16)18-17-10-4-2-1-3-5-10/h1-8,17H. The molecule has 0 spiro atoms. The molecular formula is C13H9Cl3N2. The second kappa shape index (κ2) is 6.10. The lowest BCUT2D eigenvalue weighted by Crippen LogP contribution is -1.97. The lowest BCUT2D eigenvalue weighted by molar-refractivity contribution is 1.34. The Balaban J connectivity index is 2.18. The Kier molecular flexibility index (Phi) is 4.48. The van der Waals surface area contributed by atoms with Crippen molar-refractivity contribution < 1.29 is 0 Å². The number of hydrazone groups is 1. The molecule has 0 atom stereocenters. The van der Waals surface area contributed by atoms with Crippen molar-refractivity contribution in [2.45, 2.75) is 0 Å². The third-order valence-corrected chi connectivity index (χ3v) is 3.05. The van der Waals surface area contributed by atoms with E-state index in [-0.39, 0.29) is 5.17 Å². The van der Waals surface area contributed by atoms with Gasteiger partial charge in [-0.1, -0.05) is 53.0 Å². The molecule has 2 aromatic carbocycles. The first-order chi connectivity index (χ1) is 8.66. The van der Waals surface area contributed by atoms with Crippen molar-refractivity contribution in [3.05, 3.63) is 64.1 Å². The minimum atomic E-state index is 0.278. The van der Waals surface area contributed by atoms with E-state index < -0.39 is 0 Å². The fourth-order valence-corrected chi connectivity index (χ4v) is 2.10. The van der Waals surface area contributed by atoms with Gasteiger partial charge in [0.15, 0.2) is 5.17 Å². The van der Waals surface area contributed by atoms with E-state index in [9.17, 15) is 0 Å². The van der Waals surface area contributed by atoms with Crippen LogP contribution >= 0.6 is 34.8 Å². The average molecular weight is 300 g/mol. The normalized spacial score (nSPS) is 11.4. The summed E-state index contributed by atoms with van der Waals surface area (Å²) in [5, 5.41) is 5.36. The van der Waals surface area contributed by atoms with Gasteiger partial charge >= 0.3 is 0 Å². The zero-order valence-electron chi connectivity index (χ0n) is 9.20. The predicted octanol–water partition coefficient (Wildman–Crippen LogP) is 5.01. The molecule has 0 saturated heterocycles. The van der Waals surface area contributed by atoms with Gasteiger partial charge < -0.3 is 0 Å². The Morgan fingerprint density at radius 3 is 2.39 bits per heavy atom. The Morgan fingerprint density at radius 1 is 1.00 bits per heavy atom. The van der Waals surface area contributed by atoms with Crippen molar-refractivity contribution >= 4 is 45.7 Å². The molecule has 18 heavy (non-hydrogen) atoms. The van der Waals surface area contributed by atoms with Crippen LogP contribution in [0.2, 0.25) is 10.0 Å². The minimum absolute atomic E-state index is 0.278. The first kappa shape index (κ1) is 13.2. The van der Waals surface area contributed by atoms with E-state index in [0.29, 0.717) is 15.6 Å². The molecule has 0 bridgehead atoms. The molecule has 0 aliphatic heterocycles. The van der Waals surface area contributed by atoms with Crippen molar-refractivity contribution in [2.24, 2.45) is 5.10 Å². The summed E-state index contributed by atoms with van der Waals surface area (Å²) >= 11 is 17.9. The molecule has 0 saturated carbocycles. The molecule has 0 heterocycles. The summed E-state index contributed by atoms with van der Waals surface area (Å²) in [7, 11) is 0. The highest BCUT2D eigenvalue weighted by Crippen LogP contribution is 2.22. The van der Waals surface area contributed by atoms with E-state index in [4.69, 9.17) is 34.8 Å². The van der Waals surface area contributed by atoms with E-state index in [2.05, 4.69) is 10.5 Å². The number of para-hydroxylation sites is 1. The van der Waals surface area contributed by atoms with Gasteiger partial charge in [0.2, 0.25) is 0 Å². The molecule has 0 fully saturated rings. The van der Waals surface area contributed by atoms with Crippen molar-refractivity contribution in [3.8, 4) is 0 Å². The van der Waals surface area contributed by atoms with E-state index in [1.807, 2.05) is 30.3 Å². The lowest BCUT2D eigenvalue weighted by atomic mass is 10.2. The smallest absolute Gasteiger partial charge is 0.158 e. The highest BCUT2D eigenvalue weighted by Gasteiger charge is 2.06. The maximum Gasteiger partial charge on any atom is 0.158 e. The molecule has 0 unspecified atom stereocenters. The molecule has 0 aliphatic rings. The van der Waals surface area contributed by atoms with Crippen molar-refractivity contribution in [2.75, 3.05) is 5.43 Å². The van der Waals surface area contributed by atoms with Gasteiger partial charge in [0.05, 0.1) is 10.7 Å². The third-order valence-electron chi connectivity index (χ3n) is 2.21. The molecule has 0 amide bonds. The predicted molar refractivity (Wildman–Crippen MR) is 78.9 cm³/mol. The van der Waals surface area contributed by atoms with Gasteiger partial charge in [-0.15, -0.1) is 0 Å². The third kappa shape index (κ3) is 3.39. The van der Waals surface area contributed by atoms with Crippen LogP contribution in [-0.4, -0.2) is 5.17 Å². The summed E-state index contributed by atoms with van der Waals surface area (Å²) in [6.07, 6.45) is 0. The zero-order valence-corrected chi connectivity index (χ0v) is 11.5. The first-order valence-electron chi connectivity index (χ1n) is 5.16. The van der Waals surface area contributed by atoms with Crippen molar-refractivity contribution in [1.82, 2.24) is 0 Å². The van der Waals surface area contributed by atoms with Gasteiger partial charge in [0.1, 0.15) is 0 Å². The van der Waals surface area contributed by atoms with E-state index in [0.717, 1.165) is 5.69 Å². The molecule has 0 aliphatic carbocycles. The van der Waals surface area contributed by atoms with Crippen molar-refractivity contribution in [3.63, 3.8) is 0 Å². The molecule has 5 heteroatoms. The van der Waals surface area contributed by atoms with Crippen LogP contribution < -0.4 is 5.43 Å². The largest absolute Gasteiger partial charge is 0.277 e. The summed E-state index contributed by atoms with van der Waals surface area (Å²) in [5.41, 5.74) is 4.33. The highest BCUT2D eigenvalue weighted by atomic mass is 35.5. The van der Waals surface area contributed by atoms with Crippen molar-refractivity contribution in [1.29, 1.82) is 0 Å². The number of hydrogen-bond donors (Lipinski definition) is 1. The summed E-state index contributed by atoms with van der Waals surface area (Å²) in [4.78, 5) is 0. The first-order valence-corrected chi connectivity index (χ1v) is 6.30. The topological polar surface area (TPSA) is 24.4 Å². The van der Waals surface area contributed by atoms with Crippen LogP contribution in [0.1, 0.15) is 5.56 Å². The molecule has 0 radical (unpaired) electrons. The van der Waals surface area contributed by atoms with Gasteiger partial charge in [-0.25, -0.2) is 0 Å². The van der Waals surface area contributed by atoms with Crippen LogP contribution in [0.15, 0.2) is 53.6 Å². The fraction of sp³-hybridized carbons (Fsp3) is 0. The molecule has 1 N–H and O–H groups in total. The second-order valence-corrected chi connectivity index (χ2v) is 4.71. The number of hydrogen-bond acceptors (Lipinski definition) is 2. The Hall–Kier alpha value is -1.22. The number of anilines is 1. The van der Waals surface area contributed by atoms with Gasteiger partial charge in [-0.05, 0) is 30.3 Å². The van der Waals surface area contributed by atoms with Gasteiger partial charge in [-0.3, -0.25) is 5.43 Å². The summed E-state index contributed by atoms with van der Waals surface area (Å²) < 4.78 is 0. The number of rotatable bonds is 3. The highest BCUT2D eigenvalue weighted by molar-refractivity contribution is 6.70. The van der Waals surface area contributed by atoms with E-state index in [1.54, 1.807) is 18.2 Å². The van der Waals surface area contributed by atoms with Crippen LogP contribution in [0, 0.1) is 0 Å². The van der Waals surface area contributed by atoms with E-state index in [1.165, 1.54) is 0 Å². The molecular weight excluding hydrogens is 291 g/mol. The Morgan fingerprint density at radius 2 is 1.72 bits per heavy atom. The number of nitrogens with one attached hydrogen (secondary N) is 1. The molecule has 92 valence electrons. The average Bonchev–Trinajstić information content (AvgIpc) is 2.37. The summed E-state index contributed by atoms with van der Waals surface area (Å²) in [6, 6.07) is 14.6. The monoisotopic (exact) mass is 298 g/mol. The number of halogens is 3. The van der Waals surface area contributed by atoms with Crippen LogP contribution in [0.5, 0.6) is 0 Å². The summed E-state index contributed by atoms with van der Waals surface area (Å²) in [6.45, 7) is 0. The maximum atomic E-state index is 6.07. The summed E-state index contributed by atoms with van der Waals surface area (Å²) in [5.74, 6) is 0. The van der Waals surface area contributed by atoms with Gasteiger partial charge in [0.25, 0.3) is 0 Å². The van der Waals surface area contributed by atoms with Gasteiger partial charge in [0, 0.05) is 10.6 Å². The maximum absolute atomic E-state index is 6.07. The Bertz CT molecular complexity index is 568. The zero-order chi connectivity index (χ0) is 13.0. The second-order valence-electron chi connectivity index (χ2n) is 3.50. The lowest BCUT2D eigenvalue weighted by Gasteiger charge is -2.04.